The minimum atomic E-state index is -0.570. The summed E-state index contributed by atoms with van der Waals surface area (Å²) < 4.78 is 5.57. The second kappa shape index (κ2) is 6.49. The van der Waals surface area contributed by atoms with Crippen LogP contribution < -0.4 is 10.1 Å². The van der Waals surface area contributed by atoms with Gasteiger partial charge in [-0.2, -0.15) is 0 Å². The SMILES string of the molecule is C[C@H](Oc1ccc(Cl)cc1Cl)C(=O)NC1CCCC1. The van der Waals surface area contributed by atoms with Crippen molar-refractivity contribution in [1.82, 2.24) is 5.32 Å². The van der Waals surface area contributed by atoms with Crippen LogP contribution in [0, 0.1) is 0 Å². The van der Waals surface area contributed by atoms with E-state index in [0.29, 0.717) is 21.8 Å². The van der Waals surface area contributed by atoms with Gasteiger partial charge in [-0.15, -0.1) is 0 Å². The molecular formula is C14H17Cl2NO2. The molecule has 1 N–H and O–H groups in total. The Balaban J connectivity index is 1.92. The average Bonchev–Trinajstić information content (AvgIpc) is 2.85. The summed E-state index contributed by atoms with van der Waals surface area (Å²) in [5.41, 5.74) is 0. The maximum atomic E-state index is 12.0. The number of amides is 1. The summed E-state index contributed by atoms with van der Waals surface area (Å²) >= 11 is 11.8. The highest BCUT2D eigenvalue weighted by molar-refractivity contribution is 6.35. The topological polar surface area (TPSA) is 38.3 Å². The lowest BCUT2D eigenvalue weighted by atomic mass is 10.2. The zero-order valence-corrected chi connectivity index (χ0v) is 12.3. The third-order valence-corrected chi connectivity index (χ3v) is 3.80. The van der Waals surface area contributed by atoms with Crippen molar-refractivity contribution in [1.29, 1.82) is 0 Å². The molecule has 1 aromatic carbocycles. The molecule has 0 aromatic heterocycles. The molecule has 0 heterocycles. The predicted molar refractivity (Wildman–Crippen MR) is 77.0 cm³/mol. The van der Waals surface area contributed by atoms with Crippen molar-refractivity contribution < 1.29 is 9.53 Å². The lowest BCUT2D eigenvalue weighted by Crippen LogP contribution is -2.41. The summed E-state index contributed by atoms with van der Waals surface area (Å²) in [6.45, 7) is 1.72. The Labute approximate surface area is 123 Å². The van der Waals surface area contributed by atoms with E-state index < -0.39 is 6.10 Å². The molecule has 1 aromatic rings. The van der Waals surface area contributed by atoms with Crippen LogP contribution in [-0.4, -0.2) is 18.1 Å². The largest absolute Gasteiger partial charge is 0.479 e. The lowest BCUT2D eigenvalue weighted by molar-refractivity contribution is -0.127. The van der Waals surface area contributed by atoms with Crippen LogP contribution >= 0.6 is 23.2 Å². The number of nitrogens with one attached hydrogen (secondary N) is 1. The van der Waals surface area contributed by atoms with E-state index in [-0.39, 0.29) is 5.91 Å². The van der Waals surface area contributed by atoms with E-state index in [0.717, 1.165) is 12.8 Å². The monoisotopic (exact) mass is 301 g/mol. The second-order valence-corrected chi connectivity index (χ2v) is 5.67. The van der Waals surface area contributed by atoms with E-state index in [2.05, 4.69) is 5.32 Å². The number of halogens is 2. The van der Waals surface area contributed by atoms with Gasteiger partial charge in [0.25, 0.3) is 5.91 Å². The quantitative estimate of drug-likeness (QED) is 0.918. The molecule has 1 aliphatic rings. The number of ether oxygens (including phenoxy) is 1. The molecule has 3 nitrogen and oxygen atoms in total. The summed E-state index contributed by atoms with van der Waals surface area (Å²) in [7, 11) is 0. The summed E-state index contributed by atoms with van der Waals surface area (Å²) in [5.74, 6) is 0.373. The van der Waals surface area contributed by atoms with Crippen LogP contribution in [0.15, 0.2) is 18.2 Å². The van der Waals surface area contributed by atoms with Gasteiger partial charge in [-0.05, 0) is 38.0 Å². The number of benzene rings is 1. The van der Waals surface area contributed by atoms with Crippen molar-refractivity contribution in [3.8, 4) is 5.75 Å². The average molecular weight is 302 g/mol. The predicted octanol–water partition coefficient (Wildman–Crippen LogP) is 3.82. The minimum absolute atomic E-state index is 0.0992. The highest BCUT2D eigenvalue weighted by Gasteiger charge is 2.22. The van der Waals surface area contributed by atoms with Gasteiger partial charge in [-0.25, -0.2) is 0 Å². The summed E-state index contributed by atoms with van der Waals surface area (Å²) in [4.78, 5) is 12.0. The van der Waals surface area contributed by atoms with Crippen molar-refractivity contribution >= 4 is 29.1 Å². The Kier molecular flexibility index (Phi) is 4.94. The Morgan fingerprint density at radius 1 is 1.37 bits per heavy atom. The smallest absolute Gasteiger partial charge is 0.260 e. The van der Waals surface area contributed by atoms with Crippen LogP contribution in [0.3, 0.4) is 0 Å². The lowest BCUT2D eigenvalue weighted by Gasteiger charge is -2.18. The van der Waals surface area contributed by atoms with Crippen LogP contribution in [-0.2, 0) is 4.79 Å². The van der Waals surface area contributed by atoms with Gasteiger partial charge in [-0.1, -0.05) is 36.0 Å². The second-order valence-electron chi connectivity index (χ2n) is 4.82. The minimum Gasteiger partial charge on any atom is -0.479 e. The molecule has 0 radical (unpaired) electrons. The van der Waals surface area contributed by atoms with Gasteiger partial charge >= 0.3 is 0 Å². The molecule has 0 spiro atoms. The van der Waals surface area contributed by atoms with E-state index in [1.54, 1.807) is 25.1 Å². The van der Waals surface area contributed by atoms with Crippen LogP contribution in [0.2, 0.25) is 10.0 Å². The molecule has 0 aliphatic heterocycles. The van der Waals surface area contributed by atoms with E-state index >= 15 is 0 Å². The first-order valence-corrected chi connectivity index (χ1v) is 7.24. The van der Waals surface area contributed by atoms with Crippen molar-refractivity contribution in [2.45, 2.75) is 44.8 Å². The molecule has 5 heteroatoms. The van der Waals surface area contributed by atoms with Gasteiger partial charge in [0.05, 0.1) is 5.02 Å². The van der Waals surface area contributed by atoms with Crippen molar-refractivity contribution in [3.05, 3.63) is 28.2 Å². The maximum Gasteiger partial charge on any atom is 0.260 e. The number of carbonyl (C=O) groups excluding carboxylic acids is 1. The highest BCUT2D eigenvalue weighted by Crippen LogP contribution is 2.28. The molecule has 1 atom stereocenters. The van der Waals surface area contributed by atoms with Crippen molar-refractivity contribution in [3.63, 3.8) is 0 Å². The molecule has 2 rings (SSSR count). The number of rotatable bonds is 4. The first-order valence-electron chi connectivity index (χ1n) is 6.48. The number of hydrogen-bond donors (Lipinski definition) is 1. The normalized spacial score (nSPS) is 17.2. The van der Waals surface area contributed by atoms with E-state index in [1.807, 2.05) is 0 Å². The number of carbonyl (C=O) groups is 1. The standard InChI is InChI=1S/C14H17Cl2NO2/c1-9(14(18)17-11-4-2-3-5-11)19-13-7-6-10(15)8-12(13)16/h6-9,11H,2-5H2,1H3,(H,17,18)/t9-/m0/s1. The van der Waals surface area contributed by atoms with Gasteiger partial charge in [-0.3, -0.25) is 4.79 Å². The van der Waals surface area contributed by atoms with Crippen LogP contribution in [0.1, 0.15) is 32.6 Å². The van der Waals surface area contributed by atoms with Gasteiger partial charge in [0, 0.05) is 11.1 Å². The zero-order valence-electron chi connectivity index (χ0n) is 10.8. The van der Waals surface area contributed by atoms with E-state index in [1.165, 1.54) is 12.8 Å². The Hall–Kier alpha value is -0.930. The molecular weight excluding hydrogens is 285 g/mol. The molecule has 0 unspecified atom stereocenters. The molecule has 19 heavy (non-hydrogen) atoms. The van der Waals surface area contributed by atoms with Gasteiger partial charge in [0.1, 0.15) is 5.75 Å². The third-order valence-electron chi connectivity index (χ3n) is 3.27. The van der Waals surface area contributed by atoms with E-state index in [4.69, 9.17) is 27.9 Å². The third kappa shape index (κ3) is 4.02. The van der Waals surface area contributed by atoms with E-state index in [9.17, 15) is 4.79 Å². The fourth-order valence-corrected chi connectivity index (χ4v) is 2.66. The Morgan fingerprint density at radius 2 is 2.05 bits per heavy atom. The van der Waals surface area contributed by atoms with Gasteiger partial charge in [0.15, 0.2) is 6.10 Å². The fourth-order valence-electron chi connectivity index (χ4n) is 2.20. The zero-order chi connectivity index (χ0) is 13.8. The van der Waals surface area contributed by atoms with Crippen LogP contribution in [0.25, 0.3) is 0 Å². The van der Waals surface area contributed by atoms with Gasteiger partial charge in [0.2, 0.25) is 0 Å². The molecule has 0 bridgehead atoms. The molecule has 1 aliphatic carbocycles. The summed E-state index contributed by atoms with van der Waals surface area (Å²) in [5, 5.41) is 3.95. The maximum absolute atomic E-state index is 12.0. The Morgan fingerprint density at radius 3 is 2.68 bits per heavy atom. The number of hydrogen-bond acceptors (Lipinski definition) is 2. The highest BCUT2D eigenvalue weighted by atomic mass is 35.5. The van der Waals surface area contributed by atoms with Crippen molar-refractivity contribution in [2.75, 3.05) is 0 Å². The first kappa shape index (κ1) is 14.5. The summed E-state index contributed by atoms with van der Waals surface area (Å²) in [6, 6.07) is 5.24. The van der Waals surface area contributed by atoms with Crippen molar-refractivity contribution in [2.24, 2.45) is 0 Å². The molecule has 0 saturated heterocycles. The van der Waals surface area contributed by atoms with Gasteiger partial charge < -0.3 is 10.1 Å². The molecule has 104 valence electrons. The van der Waals surface area contributed by atoms with Crippen LogP contribution in [0.4, 0.5) is 0 Å². The summed E-state index contributed by atoms with van der Waals surface area (Å²) in [6.07, 6.45) is 3.91. The Bertz CT molecular complexity index is 459. The van der Waals surface area contributed by atoms with Crippen LogP contribution in [0.5, 0.6) is 5.75 Å². The fraction of sp³-hybridized carbons (Fsp3) is 0.500. The molecule has 1 fully saturated rings. The molecule has 1 amide bonds. The first-order chi connectivity index (χ1) is 9.06. The molecule has 1 saturated carbocycles.